The molecule has 28 heavy (non-hydrogen) atoms. The van der Waals surface area contributed by atoms with Gasteiger partial charge in [0.25, 0.3) is 5.91 Å². The van der Waals surface area contributed by atoms with Crippen molar-refractivity contribution in [2.75, 3.05) is 6.54 Å². The second-order valence-electron chi connectivity index (χ2n) is 5.63. The van der Waals surface area contributed by atoms with Crippen LogP contribution in [0.5, 0.6) is 0 Å². The Labute approximate surface area is 162 Å². The van der Waals surface area contributed by atoms with Gasteiger partial charge in [-0.1, -0.05) is 24.3 Å². The number of hydrogen-bond donors (Lipinski definition) is 1. The summed E-state index contributed by atoms with van der Waals surface area (Å²) in [7, 11) is 0. The van der Waals surface area contributed by atoms with Crippen LogP contribution in [0, 0.1) is 11.6 Å². The Morgan fingerprint density at radius 1 is 1.04 bits per heavy atom. The normalized spacial score (nSPS) is 17.2. The van der Waals surface area contributed by atoms with Gasteiger partial charge >= 0.3 is 5.97 Å². The number of carbonyl (C=O) groups excluding carboxylic acids is 1. The minimum absolute atomic E-state index is 0.0964. The van der Waals surface area contributed by atoms with Gasteiger partial charge in [-0.2, -0.15) is 5.10 Å². The quantitative estimate of drug-likeness (QED) is 0.473. The average Bonchev–Trinajstić information content (AvgIpc) is 2.94. The van der Waals surface area contributed by atoms with E-state index in [0.717, 1.165) is 16.7 Å². The van der Waals surface area contributed by atoms with Crippen molar-refractivity contribution < 1.29 is 23.5 Å². The first-order chi connectivity index (χ1) is 13.4. The van der Waals surface area contributed by atoms with Crippen LogP contribution < -0.4 is 0 Å². The zero-order valence-electron chi connectivity index (χ0n) is 14.3. The van der Waals surface area contributed by atoms with Gasteiger partial charge in [-0.15, -0.1) is 5.10 Å². The molecule has 9 heteroatoms. The first-order valence-corrected chi connectivity index (χ1v) is 8.79. The smallest absolute Gasteiger partial charge is 0.323 e. The maximum Gasteiger partial charge on any atom is 0.323 e. The van der Waals surface area contributed by atoms with Crippen LogP contribution in [-0.4, -0.2) is 39.8 Å². The van der Waals surface area contributed by atoms with Gasteiger partial charge in [0.1, 0.15) is 18.2 Å². The van der Waals surface area contributed by atoms with E-state index >= 15 is 0 Å². The van der Waals surface area contributed by atoms with Crippen LogP contribution >= 0.6 is 11.8 Å². The highest BCUT2D eigenvalue weighted by atomic mass is 32.2. The molecule has 0 aliphatic carbocycles. The van der Waals surface area contributed by atoms with Crippen LogP contribution in [0.2, 0.25) is 0 Å². The fraction of sp³-hybridized carbons (Fsp3) is 0.0526. The lowest BCUT2D eigenvalue weighted by Gasteiger charge is -2.10. The highest BCUT2D eigenvalue weighted by molar-refractivity contribution is 8.18. The molecule has 1 aliphatic heterocycles. The number of carboxylic acid groups (broad SMARTS) is 1. The number of halogens is 2. The molecule has 3 rings (SSSR count). The van der Waals surface area contributed by atoms with Crippen molar-refractivity contribution >= 4 is 41.1 Å². The summed E-state index contributed by atoms with van der Waals surface area (Å²) in [6.45, 7) is -0.572. The van der Waals surface area contributed by atoms with Crippen molar-refractivity contribution in [1.82, 2.24) is 4.90 Å². The summed E-state index contributed by atoms with van der Waals surface area (Å²) in [5.41, 5.74) is 1.18. The van der Waals surface area contributed by atoms with Crippen molar-refractivity contribution in [3.63, 3.8) is 0 Å². The predicted molar refractivity (Wildman–Crippen MR) is 103 cm³/mol. The molecule has 2 aromatic rings. The lowest BCUT2D eigenvalue weighted by molar-refractivity contribution is -0.140. The van der Waals surface area contributed by atoms with Gasteiger partial charge in [0, 0.05) is 0 Å². The number of hydrogen-bond acceptors (Lipinski definition) is 5. The predicted octanol–water partition coefficient (Wildman–Crippen LogP) is 3.36. The molecule has 2 aromatic carbocycles. The standard InChI is InChI=1S/C19H13F2N3O3S/c20-14-5-1-12(2-6-14)9-16-18(27)24(11-17(25)26)19(28-16)23-22-10-13-3-7-15(21)8-4-13/h1-10H,11H2,(H,25,26)/b16-9-,22-10+,23-19+. The van der Waals surface area contributed by atoms with Crippen LogP contribution in [-0.2, 0) is 9.59 Å². The zero-order chi connectivity index (χ0) is 20.1. The Morgan fingerprint density at radius 3 is 2.18 bits per heavy atom. The van der Waals surface area contributed by atoms with E-state index in [2.05, 4.69) is 10.2 Å². The van der Waals surface area contributed by atoms with E-state index in [4.69, 9.17) is 5.11 Å². The topological polar surface area (TPSA) is 82.3 Å². The second-order valence-corrected chi connectivity index (χ2v) is 6.64. The van der Waals surface area contributed by atoms with Crippen molar-refractivity contribution in [3.05, 3.63) is 76.2 Å². The van der Waals surface area contributed by atoms with E-state index in [1.54, 1.807) is 0 Å². The maximum atomic E-state index is 13.0. The zero-order valence-corrected chi connectivity index (χ0v) is 15.1. The molecule has 0 aromatic heterocycles. The van der Waals surface area contributed by atoms with Crippen LogP contribution in [0.25, 0.3) is 6.08 Å². The van der Waals surface area contributed by atoms with Crippen LogP contribution in [0.3, 0.4) is 0 Å². The fourth-order valence-corrected chi connectivity index (χ4v) is 3.20. The molecule has 1 amide bonds. The minimum atomic E-state index is -1.20. The molecule has 0 saturated carbocycles. The summed E-state index contributed by atoms with van der Waals surface area (Å²) >= 11 is 0.962. The van der Waals surface area contributed by atoms with Gasteiger partial charge in [0.15, 0.2) is 5.17 Å². The lowest BCUT2D eigenvalue weighted by atomic mass is 10.2. The van der Waals surface area contributed by atoms with Gasteiger partial charge in [0.2, 0.25) is 0 Å². The van der Waals surface area contributed by atoms with Gasteiger partial charge in [0.05, 0.1) is 11.1 Å². The Balaban J connectivity index is 1.85. The molecule has 0 radical (unpaired) electrons. The number of rotatable bonds is 5. The summed E-state index contributed by atoms with van der Waals surface area (Å²) in [6, 6.07) is 11.0. The highest BCUT2D eigenvalue weighted by Crippen LogP contribution is 2.32. The molecule has 1 aliphatic rings. The third-order valence-electron chi connectivity index (χ3n) is 3.57. The number of carboxylic acids is 1. The molecule has 1 saturated heterocycles. The molecule has 1 N–H and O–H groups in total. The van der Waals surface area contributed by atoms with E-state index < -0.39 is 24.2 Å². The largest absolute Gasteiger partial charge is 0.480 e. The Kier molecular flexibility index (Phi) is 5.95. The number of thioether (sulfide) groups is 1. The van der Waals surface area contributed by atoms with Crippen molar-refractivity contribution in [3.8, 4) is 0 Å². The van der Waals surface area contributed by atoms with Gasteiger partial charge < -0.3 is 5.11 Å². The number of carbonyl (C=O) groups is 2. The van der Waals surface area contributed by atoms with Crippen LogP contribution in [0.4, 0.5) is 8.78 Å². The summed E-state index contributed by atoms with van der Waals surface area (Å²) in [5, 5.41) is 16.9. The second kappa shape index (κ2) is 8.57. The highest BCUT2D eigenvalue weighted by Gasteiger charge is 2.34. The molecular weight excluding hydrogens is 388 g/mol. The average molecular weight is 401 g/mol. The molecule has 0 atom stereocenters. The number of nitrogens with zero attached hydrogens (tertiary/aromatic N) is 3. The SMILES string of the molecule is O=C(O)CN1C(=O)/C(=C/c2ccc(F)cc2)S/C1=N/N=C/c1ccc(F)cc1. The molecule has 1 heterocycles. The van der Waals surface area contributed by atoms with Crippen molar-refractivity contribution in [2.45, 2.75) is 0 Å². The Morgan fingerprint density at radius 2 is 1.61 bits per heavy atom. The van der Waals surface area contributed by atoms with Gasteiger partial charge in [-0.3, -0.25) is 14.5 Å². The van der Waals surface area contributed by atoms with Crippen LogP contribution in [0.1, 0.15) is 11.1 Å². The molecule has 1 fully saturated rings. The van der Waals surface area contributed by atoms with E-state index in [9.17, 15) is 18.4 Å². The third kappa shape index (κ3) is 4.89. The molecule has 0 bridgehead atoms. The lowest BCUT2D eigenvalue weighted by Crippen LogP contribution is -2.34. The fourth-order valence-electron chi connectivity index (χ4n) is 2.26. The number of amidine groups is 1. The first kappa shape index (κ1) is 19.4. The summed E-state index contributed by atoms with van der Waals surface area (Å²) in [4.78, 5) is 24.8. The summed E-state index contributed by atoms with van der Waals surface area (Å²) in [6.07, 6.45) is 2.88. The van der Waals surface area contributed by atoms with Gasteiger partial charge in [-0.05, 0) is 53.2 Å². The van der Waals surface area contributed by atoms with Crippen molar-refractivity contribution in [2.24, 2.45) is 10.2 Å². The number of benzene rings is 2. The maximum absolute atomic E-state index is 13.0. The molecule has 0 unspecified atom stereocenters. The van der Waals surface area contributed by atoms with E-state index in [1.807, 2.05) is 0 Å². The monoisotopic (exact) mass is 401 g/mol. The molecular formula is C19H13F2N3O3S. The van der Waals surface area contributed by atoms with Gasteiger partial charge in [-0.25, -0.2) is 8.78 Å². The van der Waals surface area contributed by atoms with E-state index in [0.29, 0.717) is 11.1 Å². The molecule has 6 nitrogen and oxygen atoms in total. The molecule has 142 valence electrons. The number of aliphatic carboxylic acids is 1. The summed E-state index contributed by atoms with van der Waals surface area (Å²) in [5.74, 6) is -2.53. The Hall–Kier alpha value is -3.33. The Bertz CT molecular complexity index is 986. The van der Waals surface area contributed by atoms with Crippen LogP contribution in [0.15, 0.2) is 63.6 Å². The summed E-state index contributed by atoms with van der Waals surface area (Å²) < 4.78 is 25.9. The number of amides is 1. The third-order valence-corrected chi connectivity index (χ3v) is 4.57. The van der Waals surface area contributed by atoms with Crippen molar-refractivity contribution in [1.29, 1.82) is 0 Å². The van der Waals surface area contributed by atoms with E-state index in [-0.39, 0.29) is 15.9 Å². The first-order valence-electron chi connectivity index (χ1n) is 7.98. The molecule has 0 spiro atoms. The van der Waals surface area contributed by atoms with E-state index in [1.165, 1.54) is 60.8 Å². The minimum Gasteiger partial charge on any atom is -0.480 e.